The van der Waals surface area contributed by atoms with Gasteiger partial charge in [-0.3, -0.25) is 4.98 Å². The number of rotatable bonds is 7. The molecule has 356 valence electrons. The van der Waals surface area contributed by atoms with Gasteiger partial charge in [0.1, 0.15) is 0 Å². The van der Waals surface area contributed by atoms with Crippen molar-refractivity contribution in [1.29, 1.82) is 0 Å². The van der Waals surface area contributed by atoms with E-state index in [-0.39, 0.29) is 0 Å². The van der Waals surface area contributed by atoms with Gasteiger partial charge >= 0.3 is 0 Å². The minimum absolute atomic E-state index is 0.563. The van der Waals surface area contributed by atoms with Crippen LogP contribution in [0.2, 0.25) is 0 Å². The maximum absolute atomic E-state index is 5.59. The van der Waals surface area contributed by atoms with Crippen LogP contribution in [0.5, 0.6) is 0 Å². The van der Waals surface area contributed by atoms with Crippen molar-refractivity contribution in [2.75, 3.05) is 0 Å². The van der Waals surface area contributed by atoms with Crippen LogP contribution in [-0.2, 0) is 0 Å². The molecule has 0 atom stereocenters. The van der Waals surface area contributed by atoms with E-state index in [2.05, 4.69) is 203 Å². The molecule has 0 radical (unpaired) electrons. The number of allylic oxidation sites excluding steroid dienone is 4. The first kappa shape index (κ1) is 43.1. The predicted molar refractivity (Wildman–Crippen MR) is 321 cm³/mol. The summed E-state index contributed by atoms with van der Waals surface area (Å²) in [5.41, 5.74) is 14.0. The van der Waals surface area contributed by atoms with Crippen molar-refractivity contribution in [2.24, 2.45) is 0 Å². The number of hydrogen-bond donors (Lipinski definition) is 0. The summed E-state index contributed by atoms with van der Waals surface area (Å²) in [6.07, 6.45) is 10.8. The zero-order chi connectivity index (χ0) is 49.8. The van der Waals surface area contributed by atoms with Crippen molar-refractivity contribution in [3.63, 3.8) is 0 Å². The minimum atomic E-state index is 0.563. The first-order valence-electron chi connectivity index (χ1n) is 25.8. The van der Waals surface area contributed by atoms with Crippen LogP contribution >= 0.6 is 22.7 Å². The van der Waals surface area contributed by atoms with Gasteiger partial charge in [0.2, 0.25) is 0 Å². The molecule has 0 aliphatic heterocycles. The molecule has 6 heterocycles. The molecule has 1 aliphatic carbocycles. The number of benzene rings is 9. The standard InChI is InChI=1S/C68H42N6S2/c1-5-19-41(20-6-1)66-70-67(42-21-7-2-8-22-42)72-68(71-66)54-39-43(46-29-17-30-51-59-57(75-64(46)51)37-35-49-47-27-13-15-33-55(47)73(62(49)59)44-23-9-3-10-24-44)40-69-61(54)53-32-18-31-52-60-58(76-65(52)53)38-36-50-48-28-14-16-34-56(48)74(63(50)60)45-25-11-4-12-26-45/h1-11,13-25,27-40H,12,26H2. The van der Waals surface area contributed by atoms with E-state index in [1.54, 1.807) is 0 Å². The third-order valence-electron chi connectivity index (χ3n) is 15.3. The molecule has 76 heavy (non-hydrogen) atoms. The Hall–Kier alpha value is -9.34. The average molecular weight is 1010 g/mol. The van der Waals surface area contributed by atoms with Gasteiger partial charge < -0.3 is 9.13 Å². The molecule has 15 aromatic rings. The van der Waals surface area contributed by atoms with Crippen molar-refractivity contribution < 1.29 is 0 Å². The van der Waals surface area contributed by atoms with Gasteiger partial charge in [-0.05, 0) is 61.4 Å². The fourth-order valence-electron chi connectivity index (χ4n) is 11.9. The Morgan fingerprint density at radius 1 is 0.408 bits per heavy atom. The van der Waals surface area contributed by atoms with Crippen LogP contribution in [-0.4, -0.2) is 29.1 Å². The first-order chi connectivity index (χ1) is 37.7. The smallest absolute Gasteiger partial charge is 0.166 e. The molecule has 6 aromatic heterocycles. The highest BCUT2D eigenvalue weighted by Gasteiger charge is 2.25. The molecule has 0 fully saturated rings. The van der Waals surface area contributed by atoms with Gasteiger partial charge in [-0.15, -0.1) is 22.7 Å². The van der Waals surface area contributed by atoms with E-state index in [9.17, 15) is 0 Å². The summed E-state index contributed by atoms with van der Waals surface area (Å²) in [4.78, 5) is 21.5. The number of fused-ring (bicyclic) bond motifs is 14. The lowest BCUT2D eigenvalue weighted by Gasteiger charge is -2.15. The minimum Gasteiger partial charge on any atom is -0.312 e. The molecule has 16 rings (SSSR count). The van der Waals surface area contributed by atoms with E-state index < -0.39 is 0 Å². The van der Waals surface area contributed by atoms with Crippen LogP contribution < -0.4 is 0 Å². The molecule has 0 N–H and O–H groups in total. The lowest BCUT2D eigenvalue weighted by atomic mass is 9.97. The van der Waals surface area contributed by atoms with Crippen molar-refractivity contribution in [2.45, 2.75) is 12.8 Å². The SMILES string of the molecule is C1=CCCC(n2c3ccccc3c3ccc4sc5c(-c6ncc(-c7cccc8c7sc7ccc9c%10ccccc%10n(-c%10ccccc%10)c9c78)cc6-c6nc(-c7ccccc7)nc(-c7ccccc7)n6)cccc5c4c32)=C1. The van der Waals surface area contributed by atoms with E-state index in [1.165, 1.54) is 89.7 Å². The highest BCUT2D eigenvalue weighted by molar-refractivity contribution is 7.27. The Morgan fingerprint density at radius 2 is 0.934 bits per heavy atom. The zero-order valence-electron chi connectivity index (χ0n) is 40.9. The van der Waals surface area contributed by atoms with Crippen LogP contribution in [0.1, 0.15) is 12.8 Å². The summed E-state index contributed by atoms with van der Waals surface area (Å²) >= 11 is 3.67. The Labute approximate surface area is 444 Å². The molecule has 0 bridgehead atoms. The van der Waals surface area contributed by atoms with Crippen LogP contribution in [0.15, 0.2) is 231 Å². The lowest BCUT2D eigenvalue weighted by molar-refractivity contribution is 0.981. The van der Waals surface area contributed by atoms with Crippen LogP contribution in [0.25, 0.3) is 152 Å². The van der Waals surface area contributed by atoms with E-state index in [0.29, 0.717) is 17.5 Å². The number of pyridine rings is 1. The Kier molecular flexibility index (Phi) is 9.70. The quantitative estimate of drug-likeness (QED) is 0.160. The Morgan fingerprint density at radius 3 is 1.55 bits per heavy atom. The molecule has 8 heteroatoms. The van der Waals surface area contributed by atoms with Gasteiger partial charge in [0, 0.05) is 113 Å². The second-order valence-corrected chi connectivity index (χ2v) is 21.7. The maximum Gasteiger partial charge on any atom is 0.166 e. The van der Waals surface area contributed by atoms with Crippen LogP contribution in [0, 0.1) is 0 Å². The zero-order valence-corrected chi connectivity index (χ0v) is 42.5. The summed E-state index contributed by atoms with van der Waals surface area (Å²) in [6, 6.07) is 73.8. The summed E-state index contributed by atoms with van der Waals surface area (Å²) in [7, 11) is 0. The third kappa shape index (κ3) is 6.57. The maximum atomic E-state index is 5.59. The monoisotopic (exact) mass is 1010 g/mol. The Bertz CT molecular complexity index is 4870. The second kappa shape index (κ2) is 17.1. The van der Waals surface area contributed by atoms with E-state index in [4.69, 9.17) is 19.9 Å². The van der Waals surface area contributed by atoms with Crippen LogP contribution in [0.3, 0.4) is 0 Å². The summed E-state index contributed by atoms with van der Waals surface area (Å²) < 4.78 is 9.81. The van der Waals surface area contributed by atoms with Crippen LogP contribution in [0.4, 0.5) is 0 Å². The van der Waals surface area contributed by atoms with E-state index in [0.717, 1.165) is 57.6 Å². The number of hydrogen-bond acceptors (Lipinski definition) is 6. The molecule has 9 aromatic carbocycles. The third-order valence-corrected chi connectivity index (χ3v) is 17.7. The summed E-state index contributed by atoms with van der Waals surface area (Å²) in [5, 5.41) is 9.94. The highest BCUT2D eigenvalue weighted by Crippen LogP contribution is 2.49. The molecular formula is C68H42N6S2. The number of nitrogens with zero attached hydrogens (tertiary/aromatic N) is 6. The molecule has 0 saturated heterocycles. The molecule has 0 amide bonds. The normalized spacial score (nSPS) is 12.9. The topological polar surface area (TPSA) is 61.4 Å². The predicted octanol–water partition coefficient (Wildman–Crippen LogP) is 18.7. The first-order valence-corrected chi connectivity index (χ1v) is 27.4. The van der Waals surface area contributed by atoms with Gasteiger partial charge in [0.15, 0.2) is 17.5 Å². The van der Waals surface area contributed by atoms with Gasteiger partial charge in [-0.1, -0.05) is 176 Å². The fourth-order valence-corrected chi connectivity index (χ4v) is 14.4. The van der Waals surface area contributed by atoms with Gasteiger partial charge in [0.05, 0.1) is 27.8 Å². The number of thiophene rings is 2. The van der Waals surface area contributed by atoms with Gasteiger partial charge in [0.25, 0.3) is 0 Å². The van der Waals surface area contributed by atoms with Gasteiger partial charge in [-0.2, -0.15) is 0 Å². The highest BCUT2D eigenvalue weighted by atomic mass is 32.1. The molecular weight excluding hydrogens is 965 g/mol. The molecule has 0 saturated carbocycles. The van der Waals surface area contributed by atoms with E-state index >= 15 is 0 Å². The number of para-hydroxylation sites is 3. The second-order valence-electron chi connectivity index (χ2n) is 19.6. The van der Waals surface area contributed by atoms with Crippen molar-refractivity contribution >= 4 is 112 Å². The lowest BCUT2D eigenvalue weighted by Crippen LogP contribution is -2.02. The van der Waals surface area contributed by atoms with Crippen molar-refractivity contribution in [3.05, 3.63) is 231 Å². The summed E-state index contributed by atoms with van der Waals surface area (Å²) in [5.74, 6) is 1.77. The van der Waals surface area contributed by atoms with E-state index in [1.807, 2.05) is 59.1 Å². The fraction of sp³-hybridized carbons (Fsp3) is 0.0294. The molecule has 6 nitrogen and oxygen atoms in total. The molecule has 1 aliphatic rings. The average Bonchev–Trinajstić information content (AvgIpc) is 4.33. The Balaban J connectivity index is 0.967. The van der Waals surface area contributed by atoms with Crippen molar-refractivity contribution in [3.8, 4) is 62.2 Å². The molecule has 0 unspecified atom stereocenters. The molecule has 0 spiro atoms. The largest absolute Gasteiger partial charge is 0.312 e. The van der Waals surface area contributed by atoms with Gasteiger partial charge in [-0.25, -0.2) is 15.0 Å². The number of aromatic nitrogens is 6. The summed E-state index contributed by atoms with van der Waals surface area (Å²) in [6.45, 7) is 0. The van der Waals surface area contributed by atoms with Crippen molar-refractivity contribution in [1.82, 2.24) is 29.1 Å².